The fraction of sp³-hybridized carbons (Fsp3) is 0.476. The van der Waals surface area contributed by atoms with E-state index in [1.165, 1.54) is 35.5 Å². The Labute approximate surface area is 183 Å². The van der Waals surface area contributed by atoms with Crippen LogP contribution in [-0.4, -0.2) is 69.3 Å². The maximum absolute atomic E-state index is 12.8. The zero-order chi connectivity index (χ0) is 23.3. The molecule has 1 aliphatic heterocycles. The normalized spacial score (nSPS) is 17.6. The van der Waals surface area contributed by atoms with E-state index < -0.39 is 12.5 Å². The summed E-state index contributed by atoms with van der Waals surface area (Å²) in [6.07, 6.45) is -0.450. The van der Waals surface area contributed by atoms with Gasteiger partial charge in [-0.1, -0.05) is 12.1 Å². The quantitative estimate of drug-likeness (QED) is 0.643. The van der Waals surface area contributed by atoms with Crippen molar-refractivity contribution >= 4 is 11.8 Å². The molecule has 8 nitrogen and oxygen atoms in total. The minimum Gasteiger partial charge on any atom is -0.406 e. The number of carbonyl (C=O) groups excluding carboxylic acids is 2. The molecule has 1 saturated heterocycles. The summed E-state index contributed by atoms with van der Waals surface area (Å²) in [7, 11) is 0. The number of benzene rings is 1. The molecule has 0 N–H and O–H groups in total. The van der Waals surface area contributed by atoms with Gasteiger partial charge in [0.2, 0.25) is 11.8 Å². The molecular formula is C21H25F3N4O4. The largest absolute Gasteiger partial charge is 0.573 e. The van der Waals surface area contributed by atoms with Gasteiger partial charge in [0.25, 0.3) is 0 Å². The van der Waals surface area contributed by atoms with Crippen molar-refractivity contribution in [3.8, 4) is 5.75 Å². The highest BCUT2D eigenvalue weighted by atomic mass is 19.4. The minimum absolute atomic E-state index is 0.0466. The van der Waals surface area contributed by atoms with Crippen molar-refractivity contribution in [3.05, 3.63) is 48.5 Å². The lowest BCUT2D eigenvalue weighted by Crippen LogP contribution is -2.43. The summed E-state index contributed by atoms with van der Waals surface area (Å²) in [5, 5.41) is 0. The molecule has 1 atom stereocenters. The van der Waals surface area contributed by atoms with Crippen LogP contribution in [0.1, 0.15) is 19.4 Å². The second-order valence-electron chi connectivity index (χ2n) is 7.77. The molecule has 2 amide bonds. The molecule has 1 aromatic heterocycles. The van der Waals surface area contributed by atoms with Gasteiger partial charge in [0, 0.05) is 31.5 Å². The average molecular weight is 454 g/mol. The summed E-state index contributed by atoms with van der Waals surface area (Å²) in [4.78, 5) is 32.5. The maximum Gasteiger partial charge on any atom is 0.573 e. The molecule has 0 spiro atoms. The van der Waals surface area contributed by atoms with E-state index in [0.29, 0.717) is 12.1 Å². The summed E-state index contributed by atoms with van der Waals surface area (Å²) in [6.45, 7) is 4.42. The predicted octanol–water partition coefficient (Wildman–Crippen LogP) is 2.45. The molecule has 0 bridgehead atoms. The summed E-state index contributed by atoms with van der Waals surface area (Å²) >= 11 is 0. The van der Waals surface area contributed by atoms with E-state index in [-0.39, 0.29) is 49.8 Å². The number of rotatable bonds is 7. The topological polar surface area (TPSA) is 76.9 Å². The third-order valence-corrected chi connectivity index (χ3v) is 4.97. The smallest absolute Gasteiger partial charge is 0.406 e. The standard InChI is InChI=1S/C21H25F3N4O4/c1-15(2)28-10-18(31-13-16-3-5-17(6-4-16)32-21(22,23)24)9-27(12-20(28)30)19(29)11-26-8-7-25-14-26/h3-8,14-15,18H,9-13H2,1-2H3/t18-/m1/s1. The van der Waals surface area contributed by atoms with Crippen LogP contribution in [0.5, 0.6) is 5.75 Å². The highest BCUT2D eigenvalue weighted by Crippen LogP contribution is 2.23. The Kier molecular flexibility index (Phi) is 7.39. The van der Waals surface area contributed by atoms with Gasteiger partial charge in [-0.15, -0.1) is 13.2 Å². The van der Waals surface area contributed by atoms with E-state index in [1.54, 1.807) is 21.9 Å². The number of hydrogen-bond acceptors (Lipinski definition) is 5. The molecule has 0 radical (unpaired) electrons. The van der Waals surface area contributed by atoms with Crippen LogP contribution in [0.25, 0.3) is 0 Å². The Morgan fingerprint density at radius 3 is 2.53 bits per heavy atom. The summed E-state index contributed by atoms with van der Waals surface area (Å²) < 4.78 is 48.4. The number of halogens is 3. The molecule has 174 valence electrons. The molecule has 2 heterocycles. The van der Waals surface area contributed by atoms with Gasteiger partial charge in [-0.05, 0) is 31.5 Å². The van der Waals surface area contributed by atoms with Crippen LogP contribution in [0, 0.1) is 0 Å². The SMILES string of the molecule is CC(C)N1C[C@H](OCc2ccc(OC(F)(F)F)cc2)CN(C(=O)Cn2ccnc2)CC1=O. The van der Waals surface area contributed by atoms with Crippen LogP contribution < -0.4 is 4.74 Å². The first-order valence-corrected chi connectivity index (χ1v) is 10.1. The van der Waals surface area contributed by atoms with Gasteiger partial charge in [-0.3, -0.25) is 9.59 Å². The molecule has 32 heavy (non-hydrogen) atoms. The molecule has 1 fully saturated rings. The highest BCUT2D eigenvalue weighted by molar-refractivity contribution is 5.85. The molecule has 2 aromatic rings. The Morgan fingerprint density at radius 1 is 1.22 bits per heavy atom. The fourth-order valence-electron chi connectivity index (χ4n) is 3.38. The van der Waals surface area contributed by atoms with Crippen molar-refractivity contribution in [2.45, 2.75) is 45.5 Å². The van der Waals surface area contributed by atoms with Crippen LogP contribution in [0.4, 0.5) is 13.2 Å². The third-order valence-electron chi connectivity index (χ3n) is 4.97. The first-order chi connectivity index (χ1) is 15.1. The monoisotopic (exact) mass is 454 g/mol. The number of carbonyl (C=O) groups is 2. The third kappa shape index (κ3) is 6.71. The Balaban J connectivity index is 1.66. The van der Waals surface area contributed by atoms with Crippen LogP contribution in [0.15, 0.2) is 43.0 Å². The van der Waals surface area contributed by atoms with Crippen molar-refractivity contribution in [1.29, 1.82) is 0 Å². The van der Waals surface area contributed by atoms with E-state index >= 15 is 0 Å². The molecule has 1 aromatic carbocycles. The zero-order valence-corrected chi connectivity index (χ0v) is 17.8. The lowest BCUT2D eigenvalue weighted by molar-refractivity contribution is -0.274. The number of nitrogens with zero attached hydrogens (tertiary/aromatic N) is 4. The van der Waals surface area contributed by atoms with Crippen LogP contribution in [-0.2, 0) is 27.5 Å². The average Bonchev–Trinajstić information content (AvgIpc) is 3.15. The first kappa shape index (κ1) is 23.6. The van der Waals surface area contributed by atoms with E-state index in [9.17, 15) is 22.8 Å². The maximum atomic E-state index is 12.8. The summed E-state index contributed by atoms with van der Waals surface area (Å²) in [5.74, 6) is -0.716. The van der Waals surface area contributed by atoms with E-state index in [1.807, 2.05) is 13.8 Å². The van der Waals surface area contributed by atoms with Crippen LogP contribution in [0.2, 0.25) is 0 Å². The molecule has 0 saturated carbocycles. The van der Waals surface area contributed by atoms with Gasteiger partial charge in [-0.2, -0.15) is 0 Å². The van der Waals surface area contributed by atoms with Crippen molar-refractivity contribution < 1.29 is 32.2 Å². The second-order valence-corrected chi connectivity index (χ2v) is 7.77. The second kappa shape index (κ2) is 10.0. The Bertz CT molecular complexity index is 901. The van der Waals surface area contributed by atoms with E-state index in [4.69, 9.17) is 4.74 Å². The number of amides is 2. The lowest BCUT2D eigenvalue weighted by Gasteiger charge is -2.27. The number of aromatic nitrogens is 2. The Morgan fingerprint density at radius 2 is 1.94 bits per heavy atom. The molecule has 0 unspecified atom stereocenters. The number of ether oxygens (including phenoxy) is 2. The zero-order valence-electron chi connectivity index (χ0n) is 17.8. The van der Waals surface area contributed by atoms with Crippen molar-refractivity contribution in [2.75, 3.05) is 19.6 Å². The van der Waals surface area contributed by atoms with Crippen molar-refractivity contribution in [2.24, 2.45) is 0 Å². The number of hydrogen-bond donors (Lipinski definition) is 0. The minimum atomic E-state index is -4.75. The van der Waals surface area contributed by atoms with Crippen LogP contribution in [0.3, 0.4) is 0 Å². The van der Waals surface area contributed by atoms with E-state index in [0.717, 1.165) is 0 Å². The lowest BCUT2D eigenvalue weighted by atomic mass is 10.2. The van der Waals surface area contributed by atoms with Gasteiger partial charge in [0.15, 0.2) is 0 Å². The van der Waals surface area contributed by atoms with Crippen molar-refractivity contribution in [1.82, 2.24) is 19.4 Å². The summed E-state index contributed by atoms with van der Waals surface area (Å²) in [5.41, 5.74) is 0.641. The first-order valence-electron chi connectivity index (χ1n) is 10.1. The highest BCUT2D eigenvalue weighted by Gasteiger charge is 2.32. The van der Waals surface area contributed by atoms with E-state index in [2.05, 4.69) is 9.72 Å². The number of alkyl halides is 3. The van der Waals surface area contributed by atoms with Gasteiger partial charge < -0.3 is 23.8 Å². The van der Waals surface area contributed by atoms with Gasteiger partial charge in [0.05, 0.1) is 25.6 Å². The molecule has 3 rings (SSSR count). The molecule has 0 aliphatic carbocycles. The molecule has 11 heteroatoms. The Hall–Kier alpha value is -3.08. The molecule has 1 aliphatic rings. The predicted molar refractivity (Wildman–Crippen MR) is 107 cm³/mol. The van der Waals surface area contributed by atoms with Crippen LogP contribution >= 0.6 is 0 Å². The van der Waals surface area contributed by atoms with Crippen molar-refractivity contribution in [3.63, 3.8) is 0 Å². The molecular weight excluding hydrogens is 429 g/mol. The summed E-state index contributed by atoms with van der Waals surface area (Å²) in [6, 6.07) is 5.31. The fourth-order valence-corrected chi connectivity index (χ4v) is 3.38. The van der Waals surface area contributed by atoms with Gasteiger partial charge in [-0.25, -0.2) is 4.98 Å². The van der Waals surface area contributed by atoms with Gasteiger partial charge in [0.1, 0.15) is 12.3 Å². The number of imidazole rings is 1. The van der Waals surface area contributed by atoms with Gasteiger partial charge >= 0.3 is 6.36 Å².